The summed E-state index contributed by atoms with van der Waals surface area (Å²) in [4.78, 5) is 21.0. The van der Waals surface area contributed by atoms with E-state index in [9.17, 15) is 9.59 Å². The lowest BCUT2D eigenvalue weighted by Crippen LogP contribution is -2.27. The van der Waals surface area contributed by atoms with Crippen molar-refractivity contribution in [3.63, 3.8) is 0 Å². The number of carboxylic acids is 1. The van der Waals surface area contributed by atoms with Crippen LogP contribution in [0.15, 0.2) is 28.9 Å². The maximum absolute atomic E-state index is 10.9. The van der Waals surface area contributed by atoms with Gasteiger partial charge in [0.05, 0.1) is 6.26 Å². The predicted octanol–water partition coefficient (Wildman–Crippen LogP) is 0.494. The van der Waals surface area contributed by atoms with Gasteiger partial charge in [-0.1, -0.05) is 0 Å². The summed E-state index contributed by atoms with van der Waals surface area (Å²) in [5.74, 6) is -1.01. The van der Waals surface area contributed by atoms with Crippen LogP contribution in [0, 0.1) is 0 Å². The highest BCUT2D eigenvalue weighted by Crippen LogP contribution is 2.01. The van der Waals surface area contributed by atoms with E-state index in [1.165, 1.54) is 18.4 Å². The van der Waals surface area contributed by atoms with Crippen LogP contribution in [-0.4, -0.2) is 23.5 Å². The standard InChI is InChI=1S/C9H9NO4/c11-8(10-6-9(12)13)4-3-7-2-1-5-14-7/h1-5H,6H2,(H,10,11)(H,12,13)/b4-3+. The summed E-state index contributed by atoms with van der Waals surface area (Å²) in [7, 11) is 0. The van der Waals surface area contributed by atoms with Crippen molar-refractivity contribution >= 4 is 18.0 Å². The number of rotatable bonds is 4. The van der Waals surface area contributed by atoms with Gasteiger partial charge in [-0.3, -0.25) is 9.59 Å². The van der Waals surface area contributed by atoms with Crippen molar-refractivity contribution in [3.8, 4) is 0 Å². The molecule has 1 rings (SSSR count). The molecule has 14 heavy (non-hydrogen) atoms. The number of hydrogen-bond acceptors (Lipinski definition) is 3. The smallest absolute Gasteiger partial charge is 0.322 e. The molecule has 0 bridgehead atoms. The molecule has 1 amide bonds. The normalized spacial score (nSPS) is 10.3. The molecule has 0 spiro atoms. The van der Waals surface area contributed by atoms with E-state index < -0.39 is 11.9 Å². The van der Waals surface area contributed by atoms with Crippen LogP contribution in [0.1, 0.15) is 5.76 Å². The monoisotopic (exact) mass is 195 g/mol. The maximum atomic E-state index is 10.9. The summed E-state index contributed by atoms with van der Waals surface area (Å²) in [5, 5.41) is 10.4. The van der Waals surface area contributed by atoms with E-state index >= 15 is 0 Å². The molecule has 2 N–H and O–H groups in total. The number of aliphatic carboxylic acids is 1. The zero-order valence-electron chi connectivity index (χ0n) is 7.27. The van der Waals surface area contributed by atoms with Gasteiger partial charge in [-0.15, -0.1) is 0 Å². The highest BCUT2D eigenvalue weighted by molar-refractivity contribution is 5.93. The summed E-state index contributed by atoms with van der Waals surface area (Å²) in [6.45, 7) is -0.388. The Morgan fingerprint density at radius 1 is 1.57 bits per heavy atom. The molecule has 0 saturated carbocycles. The first-order chi connectivity index (χ1) is 6.68. The third-order valence-corrected chi connectivity index (χ3v) is 1.36. The quantitative estimate of drug-likeness (QED) is 0.685. The summed E-state index contributed by atoms with van der Waals surface area (Å²) < 4.78 is 4.93. The molecule has 0 radical (unpaired) electrons. The van der Waals surface area contributed by atoms with Crippen LogP contribution in [0.5, 0.6) is 0 Å². The molecular weight excluding hydrogens is 186 g/mol. The second-order valence-corrected chi connectivity index (χ2v) is 2.46. The Bertz CT molecular complexity index is 340. The van der Waals surface area contributed by atoms with Gasteiger partial charge in [0.15, 0.2) is 0 Å². The van der Waals surface area contributed by atoms with Gasteiger partial charge >= 0.3 is 5.97 Å². The van der Waals surface area contributed by atoms with Crippen molar-refractivity contribution in [1.82, 2.24) is 5.32 Å². The van der Waals surface area contributed by atoms with Gasteiger partial charge in [0, 0.05) is 6.08 Å². The van der Waals surface area contributed by atoms with E-state index in [1.807, 2.05) is 0 Å². The second-order valence-electron chi connectivity index (χ2n) is 2.46. The zero-order valence-corrected chi connectivity index (χ0v) is 7.27. The Morgan fingerprint density at radius 3 is 2.93 bits per heavy atom. The third-order valence-electron chi connectivity index (χ3n) is 1.36. The van der Waals surface area contributed by atoms with Crippen LogP contribution in [0.25, 0.3) is 6.08 Å². The molecule has 1 heterocycles. The molecular formula is C9H9NO4. The number of amides is 1. The third kappa shape index (κ3) is 3.57. The van der Waals surface area contributed by atoms with Gasteiger partial charge in [-0.25, -0.2) is 0 Å². The van der Waals surface area contributed by atoms with Crippen LogP contribution in [-0.2, 0) is 9.59 Å². The van der Waals surface area contributed by atoms with E-state index in [-0.39, 0.29) is 6.54 Å². The molecule has 5 nitrogen and oxygen atoms in total. The summed E-state index contributed by atoms with van der Waals surface area (Å²) in [6.07, 6.45) is 4.15. The first-order valence-electron chi connectivity index (χ1n) is 3.89. The Morgan fingerprint density at radius 2 is 2.36 bits per heavy atom. The molecule has 1 aromatic rings. The molecule has 5 heteroatoms. The zero-order chi connectivity index (χ0) is 10.4. The fourth-order valence-electron chi connectivity index (χ4n) is 0.766. The van der Waals surface area contributed by atoms with E-state index in [0.717, 1.165) is 0 Å². The Labute approximate surface area is 80.0 Å². The first-order valence-corrected chi connectivity index (χ1v) is 3.89. The molecule has 0 aliphatic heterocycles. The summed E-state index contributed by atoms with van der Waals surface area (Å²) in [5.41, 5.74) is 0. The van der Waals surface area contributed by atoms with E-state index in [0.29, 0.717) is 5.76 Å². The largest absolute Gasteiger partial charge is 0.480 e. The first kappa shape index (κ1) is 10.0. The van der Waals surface area contributed by atoms with E-state index in [1.54, 1.807) is 12.1 Å². The van der Waals surface area contributed by atoms with Gasteiger partial charge < -0.3 is 14.8 Å². The predicted molar refractivity (Wildman–Crippen MR) is 48.4 cm³/mol. The van der Waals surface area contributed by atoms with E-state index in [2.05, 4.69) is 5.32 Å². The minimum Gasteiger partial charge on any atom is -0.480 e. The number of carboxylic acid groups (broad SMARTS) is 1. The maximum Gasteiger partial charge on any atom is 0.322 e. The molecule has 1 aromatic heterocycles. The Balaban J connectivity index is 2.37. The van der Waals surface area contributed by atoms with Crippen LogP contribution in [0.2, 0.25) is 0 Å². The van der Waals surface area contributed by atoms with Crippen LogP contribution >= 0.6 is 0 Å². The van der Waals surface area contributed by atoms with Crippen LogP contribution < -0.4 is 5.32 Å². The lowest BCUT2D eigenvalue weighted by atomic mass is 10.4. The van der Waals surface area contributed by atoms with Gasteiger partial charge in [0.25, 0.3) is 0 Å². The van der Waals surface area contributed by atoms with Crippen molar-refractivity contribution < 1.29 is 19.1 Å². The highest BCUT2D eigenvalue weighted by atomic mass is 16.4. The van der Waals surface area contributed by atoms with Crippen LogP contribution in [0.4, 0.5) is 0 Å². The van der Waals surface area contributed by atoms with Crippen molar-refractivity contribution in [2.45, 2.75) is 0 Å². The minimum absolute atomic E-state index is 0.388. The number of nitrogens with one attached hydrogen (secondary N) is 1. The van der Waals surface area contributed by atoms with Gasteiger partial charge in [0.2, 0.25) is 5.91 Å². The number of furan rings is 1. The summed E-state index contributed by atoms with van der Waals surface area (Å²) >= 11 is 0. The lowest BCUT2D eigenvalue weighted by molar-refractivity contribution is -0.137. The van der Waals surface area contributed by atoms with Crippen molar-refractivity contribution in [2.24, 2.45) is 0 Å². The Hall–Kier alpha value is -2.04. The topological polar surface area (TPSA) is 79.5 Å². The molecule has 74 valence electrons. The van der Waals surface area contributed by atoms with Crippen molar-refractivity contribution in [3.05, 3.63) is 30.2 Å². The molecule has 0 saturated heterocycles. The second kappa shape index (κ2) is 4.86. The van der Waals surface area contributed by atoms with Crippen molar-refractivity contribution in [1.29, 1.82) is 0 Å². The molecule has 0 aliphatic carbocycles. The van der Waals surface area contributed by atoms with Gasteiger partial charge in [-0.05, 0) is 18.2 Å². The average molecular weight is 195 g/mol. The average Bonchev–Trinajstić information content (AvgIpc) is 2.63. The molecule has 0 aromatic carbocycles. The van der Waals surface area contributed by atoms with E-state index in [4.69, 9.17) is 9.52 Å². The fourth-order valence-corrected chi connectivity index (χ4v) is 0.766. The van der Waals surface area contributed by atoms with Crippen LogP contribution in [0.3, 0.4) is 0 Å². The minimum atomic E-state index is -1.08. The molecule has 0 unspecified atom stereocenters. The molecule has 0 atom stereocenters. The van der Waals surface area contributed by atoms with Crippen molar-refractivity contribution in [2.75, 3.05) is 6.54 Å². The lowest BCUT2D eigenvalue weighted by Gasteiger charge is -1.94. The molecule has 0 fully saturated rings. The molecule has 0 aliphatic rings. The summed E-state index contributed by atoms with van der Waals surface area (Å²) in [6, 6.07) is 3.37. The van der Waals surface area contributed by atoms with Gasteiger partial charge in [0.1, 0.15) is 12.3 Å². The number of carbonyl (C=O) groups excluding carboxylic acids is 1. The fraction of sp³-hybridized carbons (Fsp3) is 0.111. The number of hydrogen-bond donors (Lipinski definition) is 2. The van der Waals surface area contributed by atoms with Gasteiger partial charge in [-0.2, -0.15) is 0 Å². The SMILES string of the molecule is O=C(O)CNC(=O)/C=C/c1ccco1. The highest BCUT2D eigenvalue weighted by Gasteiger charge is 1.99. The number of carbonyl (C=O) groups is 2. The Kier molecular flexibility index (Phi) is 3.49.